The van der Waals surface area contributed by atoms with Crippen LogP contribution in [0.15, 0.2) is 0 Å². The minimum absolute atomic E-state index is 0.0993. The lowest BCUT2D eigenvalue weighted by atomic mass is 10.1. The van der Waals surface area contributed by atoms with Crippen LogP contribution in [0, 0.1) is 0 Å². The van der Waals surface area contributed by atoms with Crippen LogP contribution in [-0.4, -0.2) is 56.9 Å². The zero-order chi connectivity index (χ0) is 12.6. The summed E-state index contributed by atoms with van der Waals surface area (Å²) in [5.74, 6) is 0. The van der Waals surface area contributed by atoms with Gasteiger partial charge in [-0.3, -0.25) is 0 Å². The second-order valence-electron chi connectivity index (χ2n) is 4.42. The Morgan fingerprint density at radius 1 is 1.31 bits per heavy atom. The molecule has 0 aliphatic heterocycles. The quantitative estimate of drug-likeness (QED) is 0.595. The Morgan fingerprint density at radius 2 is 1.94 bits per heavy atom. The lowest BCUT2D eigenvalue weighted by Crippen LogP contribution is -2.43. The van der Waals surface area contributed by atoms with Gasteiger partial charge in [0.15, 0.2) is 0 Å². The molecule has 5 heteroatoms. The van der Waals surface area contributed by atoms with Gasteiger partial charge in [0.1, 0.15) is 0 Å². The summed E-state index contributed by atoms with van der Waals surface area (Å²) < 4.78 is 15.7. The third-order valence-corrected chi connectivity index (χ3v) is 2.61. The summed E-state index contributed by atoms with van der Waals surface area (Å²) >= 11 is 0. The summed E-state index contributed by atoms with van der Waals surface area (Å²) in [5.41, 5.74) is 5.56. The minimum atomic E-state index is -0.382. The van der Waals surface area contributed by atoms with E-state index >= 15 is 0 Å². The van der Waals surface area contributed by atoms with Crippen molar-refractivity contribution in [2.24, 2.45) is 5.73 Å². The van der Waals surface area contributed by atoms with Crippen molar-refractivity contribution < 1.29 is 19.3 Å². The Labute approximate surface area is 97.9 Å². The molecule has 0 fully saturated rings. The van der Waals surface area contributed by atoms with E-state index in [1.54, 1.807) is 14.2 Å². The molecule has 2 atom stereocenters. The van der Waals surface area contributed by atoms with Crippen molar-refractivity contribution in [3.05, 3.63) is 0 Å². The second-order valence-corrected chi connectivity index (χ2v) is 4.42. The average molecular weight is 235 g/mol. The van der Waals surface area contributed by atoms with E-state index in [0.29, 0.717) is 13.2 Å². The summed E-state index contributed by atoms with van der Waals surface area (Å²) in [6.45, 7) is 4.75. The first-order chi connectivity index (χ1) is 7.46. The molecule has 0 aliphatic rings. The Morgan fingerprint density at radius 3 is 2.38 bits per heavy atom. The number of hydrogen-bond acceptors (Lipinski definition) is 5. The summed E-state index contributed by atoms with van der Waals surface area (Å²) in [6.07, 6.45) is 0.368. The Kier molecular flexibility index (Phi) is 7.87. The fraction of sp³-hybridized carbons (Fsp3) is 1.00. The average Bonchev–Trinajstić information content (AvgIpc) is 2.24. The number of hydrogen-bond donors (Lipinski definition) is 2. The molecule has 5 nitrogen and oxygen atoms in total. The van der Waals surface area contributed by atoms with Gasteiger partial charge in [0.25, 0.3) is 0 Å². The van der Waals surface area contributed by atoms with Gasteiger partial charge in [0.05, 0.1) is 31.0 Å². The van der Waals surface area contributed by atoms with Crippen LogP contribution in [0.1, 0.15) is 20.3 Å². The monoisotopic (exact) mass is 235 g/mol. The molecule has 0 bridgehead atoms. The van der Waals surface area contributed by atoms with Crippen LogP contribution in [0.5, 0.6) is 0 Å². The number of aliphatic hydroxyl groups excluding tert-OH is 1. The molecule has 0 saturated heterocycles. The van der Waals surface area contributed by atoms with Crippen molar-refractivity contribution in [2.75, 3.05) is 34.0 Å². The minimum Gasteiger partial charge on any atom is -0.394 e. The molecule has 0 radical (unpaired) electrons. The Bertz CT molecular complexity index is 175. The van der Waals surface area contributed by atoms with Crippen LogP contribution < -0.4 is 5.73 Å². The first kappa shape index (κ1) is 15.8. The normalized spacial score (nSPS) is 16.1. The van der Waals surface area contributed by atoms with Crippen LogP contribution in [0.3, 0.4) is 0 Å². The van der Waals surface area contributed by atoms with Crippen molar-refractivity contribution in [1.29, 1.82) is 0 Å². The predicted octanol–water partition coefficient (Wildman–Crippen LogP) is 0.153. The van der Waals surface area contributed by atoms with Crippen LogP contribution in [-0.2, 0) is 14.2 Å². The van der Waals surface area contributed by atoms with Crippen molar-refractivity contribution in [2.45, 2.75) is 38.0 Å². The molecular formula is C11H25NO4. The fourth-order valence-electron chi connectivity index (χ4n) is 1.17. The highest BCUT2D eigenvalue weighted by Gasteiger charge is 2.20. The van der Waals surface area contributed by atoms with Gasteiger partial charge in [-0.25, -0.2) is 0 Å². The van der Waals surface area contributed by atoms with Gasteiger partial charge < -0.3 is 25.1 Å². The number of nitrogens with two attached hydrogens (primary N) is 1. The molecule has 2 unspecified atom stereocenters. The highest BCUT2D eigenvalue weighted by molar-refractivity contribution is 4.73. The standard InChI is InChI=1S/C11H25NO4/c1-11(2,15-4)5-6-16-10(7-13)9(12)8-14-3/h9-10,13H,5-8,12H2,1-4H3. The van der Waals surface area contributed by atoms with Gasteiger partial charge >= 0.3 is 0 Å². The van der Waals surface area contributed by atoms with E-state index in [-0.39, 0.29) is 24.4 Å². The molecule has 0 amide bonds. The van der Waals surface area contributed by atoms with Crippen LogP contribution in [0.2, 0.25) is 0 Å². The van der Waals surface area contributed by atoms with Crippen LogP contribution >= 0.6 is 0 Å². The predicted molar refractivity (Wildman–Crippen MR) is 62.4 cm³/mol. The molecule has 16 heavy (non-hydrogen) atoms. The number of ether oxygens (including phenoxy) is 3. The summed E-state index contributed by atoms with van der Waals surface area (Å²) in [5, 5.41) is 9.12. The van der Waals surface area contributed by atoms with Gasteiger partial charge in [-0.1, -0.05) is 0 Å². The molecule has 0 heterocycles. The van der Waals surface area contributed by atoms with Crippen LogP contribution in [0.25, 0.3) is 0 Å². The van der Waals surface area contributed by atoms with Gasteiger partial charge in [-0.15, -0.1) is 0 Å². The lowest BCUT2D eigenvalue weighted by molar-refractivity contribution is -0.0523. The van der Waals surface area contributed by atoms with Crippen LogP contribution in [0.4, 0.5) is 0 Å². The largest absolute Gasteiger partial charge is 0.394 e. The molecule has 0 aromatic carbocycles. The van der Waals surface area contributed by atoms with Crippen molar-refractivity contribution >= 4 is 0 Å². The molecule has 98 valence electrons. The first-order valence-corrected chi connectivity index (χ1v) is 5.49. The van der Waals surface area contributed by atoms with Crippen molar-refractivity contribution in [3.63, 3.8) is 0 Å². The highest BCUT2D eigenvalue weighted by atomic mass is 16.5. The van der Waals surface area contributed by atoms with Gasteiger partial charge in [0.2, 0.25) is 0 Å². The third-order valence-electron chi connectivity index (χ3n) is 2.61. The van der Waals surface area contributed by atoms with E-state index in [2.05, 4.69) is 0 Å². The number of methoxy groups -OCH3 is 2. The molecule has 0 spiro atoms. The maximum absolute atomic E-state index is 9.12. The second kappa shape index (κ2) is 7.97. The van der Waals surface area contributed by atoms with E-state index in [4.69, 9.17) is 25.1 Å². The zero-order valence-electron chi connectivity index (χ0n) is 10.7. The lowest BCUT2D eigenvalue weighted by Gasteiger charge is -2.26. The molecular weight excluding hydrogens is 210 g/mol. The molecule has 0 aromatic heterocycles. The fourth-order valence-corrected chi connectivity index (χ4v) is 1.17. The summed E-state index contributed by atoms with van der Waals surface area (Å²) in [4.78, 5) is 0. The van der Waals surface area contributed by atoms with Crippen molar-refractivity contribution in [3.8, 4) is 0 Å². The molecule has 3 N–H and O–H groups in total. The number of rotatable bonds is 9. The van der Waals surface area contributed by atoms with Gasteiger partial charge in [-0.05, 0) is 20.3 Å². The topological polar surface area (TPSA) is 73.9 Å². The summed E-state index contributed by atoms with van der Waals surface area (Å²) in [7, 11) is 3.24. The molecule has 0 saturated carbocycles. The van der Waals surface area contributed by atoms with E-state index < -0.39 is 0 Å². The van der Waals surface area contributed by atoms with E-state index in [1.807, 2.05) is 13.8 Å². The Hall–Kier alpha value is -0.200. The smallest absolute Gasteiger partial charge is 0.0978 e. The maximum atomic E-state index is 9.12. The van der Waals surface area contributed by atoms with Gasteiger partial charge in [0, 0.05) is 20.8 Å². The van der Waals surface area contributed by atoms with E-state index in [1.165, 1.54) is 0 Å². The summed E-state index contributed by atoms with van der Waals surface area (Å²) in [6, 6.07) is -0.305. The number of aliphatic hydroxyl groups is 1. The Balaban J connectivity index is 3.87. The zero-order valence-corrected chi connectivity index (χ0v) is 10.7. The molecule has 0 aliphatic carbocycles. The van der Waals surface area contributed by atoms with E-state index in [0.717, 1.165) is 6.42 Å². The molecule has 0 aromatic rings. The maximum Gasteiger partial charge on any atom is 0.0978 e. The SMILES string of the molecule is COCC(N)C(CO)OCCC(C)(C)OC. The van der Waals surface area contributed by atoms with Crippen molar-refractivity contribution in [1.82, 2.24) is 0 Å². The van der Waals surface area contributed by atoms with Gasteiger partial charge in [-0.2, -0.15) is 0 Å². The molecule has 0 rings (SSSR count). The van der Waals surface area contributed by atoms with E-state index in [9.17, 15) is 0 Å². The first-order valence-electron chi connectivity index (χ1n) is 5.49. The third kappa shape index (κ3) is 6.40. The highest BCUT2D eigenvalue weighted by Crippen LogP contribution is 2.13.